The fraction of sp³-hybridized carbons (Fsp3) is 0.579. The van der Waals surface area contributed by atoms with E-state index in [4.69, 9.17) is 18.9 Å². The van der Waals surface area contributed by atoms with Crippen molar-refractivity contribution in [3.63, 3.8) is 0 Å². The van der Waals surface area contributed by atoms with E-state index in [1.54, 1.807) is 37.3 Å². The fourth-order valence-electron chi connectivity index (χ4n) is 8.00. The molecule has 0 aromatic heterocycles. The normalized spacial score (nSPS) is 40.7. The number of hydrazone groups is 1. The van der Waals surface area contributed by atoms with Gasteiger partial charge in [0.1, 0.15) is 23.7 Å². The maximum Gasteiger partial charge on any atom is 0.316 e. The number of nitrogens with zero attached hydrogens (tertiary/aromatic N) is 1. The number of carbonyl (C=O) groups excluding carboxylic acids is 1. The number of ether oxygens (including phenoxy) is 4. The van der Waals surface area contributed by atoms with Crippen LogP contribution in [0.1, 0.15) is 79.6 Å². The molecule has 0 amide bonds. The molecule has 3 fully saturated rings. The van der Waals surface area contributed by atoms with Gasteiger partial charge in [-0.3, -0.25) is 4.79 Å². The number of hydrogen-bond acceptors (Lipinski definition) is 9. The highest BCUT2D eigenvalue weighted by atomic mass is 32.2. The average Bonchev–Trinajstić information content (AvgIpc) is 3.40. The zero-order valence-corrected chi connectivity index (χ0v) is 29.9. The van der Waals surface area contributed by atoms with E-state index in [0.717, 1.165) is 19.3 Å². The Morgan fingerprint density at radius 3 is 2.63 bits per heavy atom. The summed E-state index contributed by atoms with van der Waals surface area (Å²) in [5, 5.41) is 16.9. The molecule has 0 saturated carbocycles. The molecular weight excluding hydrogens is 644 g/mol. The second-order valence-corrected chi connectivity index (χ2v) is 16.2. The third-order valence-electron chi connectivity index (χ3n) is 10.7. The molecule has 10 nitrogen and oxygen atoms in total. The predicted octanol–water partition coefficient (Wildman–Crippen LogP) is 5.90. The number of benzene rings is 1. The molecule has 49 heavy (non-hydrogen) atoms. The van der Waals surface area contributed by atoms with Gasteiger partial charge < -0.3 is 24.1 Å². The number of rotatable bonds is 4. The average molecular weight is 695 g/mol. The van der Waals surface area contributed by atoms with Crippen molar-refractivity contribution in [1.82, 2.24) is 4.83 Å². The van der Waals surface area contributed by atoms with Crippen molar-refractivity contribution in [3.8, 4) is 0 Å². The summed E-state index contributed by atoms with van der Waals surface area (Å²) in [7, 11) is -4.00. The molecule has 266 valence electrons. The molecular formula is C38H50N2O8S. The van der Waals surface area contributed by atoms with Crippen LogP contribution >= 0.6 is 0 Å². The van der Waals surface area contributed by atoms with E-state index in [9.17, 15) is 18.3 Å². The number of aliphatic hydroxyl groups is 1. The SMILES string of the molecule is CC[C@H]1O[C@]2(CC[C@@H]1C)C[C@@H]1C[C@@H](C/C=C(\C)C[C@@H](C)/C=C/C=C3\CO[C@@H]4/C(=N\NS(=O)(=O)c5ccccc5)C(C)=C[C@@H](C(=O)O1)[C@]34O)O2. The molecule has 0 radical (unpaired) electrons. The predicted molar refractivity (Wildman–Crippen MR) is 186 cm³/mol. The number of sulfonamides is 1. The summed E-state index contributed by atoms with van der Waals surface area (Å²) in [5.74, 6) is -1.93. The number of allylic oxidation sites excluding steroid dienone is 4. The van der Waals surface area contributed by atoms with Gasteiger partial charge in [-0.05, 0) is 74.6 Å². The van der Waals surface area contributed by atoms with Crippen LogP contribution in [0.3, 0.4) is 0 Å². The van der Waals surface area contributed by atoms with Crippen molar-refractivity contribution in [2.45, 2.75) is 120 Å². The summed E-state index contributed by atoms with van der Waals surface area (Å²) in [4.78, 5) is 16.7. The Bertz CT molecular complexity index is 1670. The highest BCUT2D eigenvalue weighted by molar-refractivity contribution is 7.89. The second-order valence-electron chi connectivity index (χ2n) is 14.5. The lowest BCUT2D eigenvalue weighted by Gasteiger charge is -2.49. The smallest absolute Gasteiger partial charge is 0.316 e. The molecule has 11 heteroatoms. The first-order valence-corrected chi connectivity index (χ1v) is 19.1. The van der Waals surface area contributed by atoms with Crippen molar-refractivity contribution >= 4 is 21.7 Å². The van der Waals surface area contributed by atoms with Gasteiger partial charge in [-0.2, -0.15) is 18.4 Å². The highest BCUT2D eigenvalue weighted by Crippen LogP contribution is 2.47. The fourth-order valence-corrected chi connectivity index (χ4v) is 8.84. The molecule has 2 N–H and O–H groups in total. The largest absolute Gasteiger partial charge is 0.462 e. The van der Waals surface area contributed by atoms with Crippen LogP contribution in [0.4, 0.5) is 0 Å². The van der Waals surface area contributed by atoms with E-state index < -0.39 is 45.5 Å². The third kappa shape index (κ3) is 7.37. The van der Waals surface area contributed by atoms with E-state index in [1.165, 1.54) is 17.7 Å². The van der Waals surface area contributed by atoms with Gasteiger partial charge in [0.2, 0.25) is 0 Å². The standard InChI is InChI=1S/C38H50N2O8S/c1-6-33-26(4)17-18-37(48-33)22-30-21-29(47-37)16-15-25(3)19-24(2)11-10-12-28-23-45-35-34(27(5)20-32(36(41)46-30)38(28,35)42)39-40-49(43,44)31-13-8-7-9-14-31/h7-15,20,24,26,29-30,32-33,35,40,42H,6,16-19,21-23H2,1-5H3/b11-10+,25-15+,28-12+,39-34-/t24-,26-,29+,30-,32-,33+,35+,37+,38+/m0/s1. The van der Waals surface area contributed by atoms with E-state index in [0.29, 0.717) is 42.7 Å². The van der Waals surface area contributed by atoms with E-state index in [1.807, 2.05) is 6.08 Å². The summed E-state index contributed by atoms with van der Waals surface area (Å²) in [6.45, 7) is 10.3. The van der Waals surface area contributed by atoms with Crippen molar-refractivity contribution in [2.24, 2.45) is 22.9 Å². The minimum Gasteiger partial charge on any atom is -0.462 e. The Morgan fingerprint density at radius 2 is 1.88 bits per heavy atom. The van der Waals surface area contributed by atoms with Crippen LogP contribution in [0.25, 0.3) is 0 Å². The molecule has 2 bridgehead atoms. The van der Waals surface area contributed by atoms with Gasteiger partial charge in [-0.15, -0.1) is 0 Å². The number of hydrogen-bond donors (Lipinski definition) is 2. The molecule has 0 unspecified atom stereocenters. The van der Waals surface area contributed by atoms with Gasteiger partial charge in [-0.1, -0.05) is 74.9 Å². The zero-order chi connectivity index (χ0) is 35.0. The minimum atomic E-state index is -4.00. The number of nitrogens with one attached hydrogen (secondary N) is 1. The van der Waals surface area contributed by atoms with Crippen molar-refractivity contribution in [1.29, 1.82) is 0 Å². The quantitative estimate of drug-likeness (QED) is 0.226. The second kappa shape index (κ2) is 14.3. The van der Waals surface area contributed by atoms with Gasteiger partial charge in [0.25, 0.3) is 10.0 Å². The van der Waals surface area contributed by atoms with Crippen LogP contribution < -0.4 is 4.83 Å². The van der Waals surface area contributed by atoms with Crippen molar-refractivity contribution < 1.29 is 37.3 Å². The first-order chi connectivity index (χ1) is 23.3. The highest BCUT2D eigenvalue weighted by Gasteiger charge is 2.59. The monoisotopic (exact) mass is 694 g/mol. The summed E-state index contributed by atoms with van der Waals surface area (Å²) < 4.78 is 52.0. The Hall–Kier alpha value is -3.09. The van der Waals surface area contributed by atoms with Gasteiger partial charge in [-0.25, -0.2) is 0 Å². The molecule has 3 saturated heterocycles. The Kier molecular flexibility index (Phi) is 10.4. The van der Waals surface area contributed by atoms with Crippen LogP contribution in [0, 0.1) is 17.8 Å². The summed E-state index contributed by atoms with van der Waals surface area (Å²) in [5.41, 5.74) is 0.571. The lowest BCUT2D eigenvalue weighted by Crippen LogP contribution is -2.57. The van der Waals surface area contributed by atoms with Crippen molar-refractivity contribution in [2.75, 3.05) is 6.61 Å². The number of fused-ring (bicyclic) bond motifs is 2. The first kappa shape index (κ1) is 35.7. The summed E-state index contributed by atoms with van der Waals surface area (Å²) >= 11 is 0. The summed E-state index contributed by atoms with van der Waals surface area (Å²) in [6.07, 6.45) is 12.8. The Labute approximate surface area is 290 Å². The maximum atomic E-state index is 14.3. The summed E-state index contributed by atoms with van der Waals surface area (Å²) in [6, 6.07) is 7.91. The van der Waals surface area contributed by atoms with Crippen LogP contribution in [0.15, 0.2) is 87.4 Å². The van der Waals surface area contributed by atoms with Crippen molar-refractivity contribution in [3.05, 3.63) is 77.4 Å². The topological polar surface area (TPSA) is 133 Å². The molecule has 5 aliphatic rings. The molecule has 9 atom stereocenters. The Morgan fingerprint density at radius 1 is 1.10 bits per heavy atom. The lowest BCUT2D eigenvalue weighted by atomic mass is 9.71. The van der Waals surface area contributed by atoms with E-state index >= 15 is 0 Å². The molecule has 1 aromatic carbocycles. The van der Waals surface area contributed by atoms with Gasteiger partial charge >= 0.3 is 5.97 Å². The minimum absolute atomic E-state index is 0.0288. The molecule has 1 aromatic rings. The lowest BCUT2D eigenvalue weighted by molar-refractivity contribution is -0.335. The van der Waals surface area contributed by atoms with Gasteiger partial charge in [0, 0.05) is 19.3 Å². The molecule has 1 aliphatic carbocycles. The molecule has 4 heterocycles. The Balaban J connectivity index is 1.37. The van der Waals surface area contributed by atoms with Crippen LogP contribution in [0.5, 0.6) is 0 Å². The first-order valence-electron chi connectivity index (χ1n) is 17.6. The molecule has 4 aliphatic heterocycles. The zero-order valence-electron chi connectivity index (χ0n) is 29.1. The number of carbonyl (C=O) groups is 1. The van der Waals surface area contributed by atoms with Crippen LogP contribution in [0.2, 0.25) is 0 Å². The maximum absolute atomic E-state index is 14.3. The van der Waals surface area contributed by atoms with Crippen LogP contribution in [-0.2, 0) is 33.8 Å². The van der Waals surface area contributed by atoms with E-state index in [2.05, 4.69) is 49.8 Å². The van der Waals surface area contributed by atoms with E-state index in [-0.39, 0.29) is 35.3 Å². The van der Waals surface area contributed by atoms with Crippen LogP contribution in [-0.4, -0.2) is 67.6 Å². The van der Waals surface area contributed by atoms with Gasteiger partial charge in [0.05, 0.1) is 29.4 Å². The van der Waals surface area contributed by atoms with Gasteiger partial charge in [0.15, 0.2) is 5.79 Å². The molecule has 1 spiro atoms. The number of esters is 1. The third-order valence-corrected chi connectivity index (χ3v) is 11.9. The molecule has 6 rings (SSSR count).